The third-order valence-corrected chi connectivity index (χ3v) is 10.2. The topological polar surface area (TPSA) is 89.5 Å². The average molecular weight is 503 g/mol. The van der Waals surface area contributed by atoms with E-state index in [1.54, 1.807) is 28.8 Å². The number of likely N-dealkylation sites (tertiary alicyclic amines) is 1. The summed E-state index contributed by atoms with van der Waals surface area (Å²) in [5.41, 5.74) is 2.31. The molecule has 4 heterocycles. The van der Waals surface area contributed by atoms with Gasteiger partial charge in [-0.15, -0.1) is 22.7 Å². The molecule has 0 radical (unpaired) electrons. The number of aliphatic hydroxyl groups excluding tert-OH is 1. The number of benzene rings is 1. The molecule has 5 rings (SSSR count). The number of H-pyrrole nitrogens is 1. The average Bonchev–Trinajstić information content (AvgIpc) is 3.56. The summed E-state index contributed by atoms with van der Waals surface area (Å²) in [6, 6.07) is 11.1. The van der Waals surface area contributed by atoms with Crippen LogP contribution in [-0.2, 0) is 16.6 Å². The highest BCUT2D eigenvalue weighted by molar-refractivity contribution is 7.94. The summed E-state index contributed by atoms with van der Waals surface area (Å²) < 4.78 is 28.3. The monoisotopic (exact) mass is 502 g/mol. The van der Waals surface area contributed by atoms with Gasteiger partial charge in [-0.05, 0) is 43.3 Å². The molecule has 1 aliphatic heterocycles. The fourth-order valence-electron chi connectivity index (χ4n) is 4.25. The first-order chi connectivity index (χ1) is 16.0. The number of nitrogens with one attached hydrogen (secondary N) is 1. The van der Waals surface area contributed by atoms with Crippen LogP contribution in [0.25, 0.3) is 21.6 Å². The molecule has 4 aromatic rings. The number of anilines is 1. The minimum atomic E-state index is -3.63. The Hall–Kier alpha value is -2.24. The molecule has 1 saturated heterocycles. The van der Waals surface area contributed by atoms with Gasteiger partial charge >= 0.3 is 0 Å². The summed E-state index contributed by atoms with van der Waals surface area (Å²) in [7, 11) is -3.63. The number of hydrogen-bond acceptors (Lipinski definition) is 7. The number of thiophene rings is 1. The van der Waals surface area contributed by atoms with Crippen molar-refractivity contribution in [1.29, 1.82) is 0 Å². The molecule has 7 nitrogen and oxygen atoms in total. The standard InChI is InChI=1S/C23H26N4O3S3/c1-2-27(33(29,30)21-7-4-12-31-21)20-6-3-5-16-13-19(25-22(16)20)23-24-14-18(32-23)15-26-10-8-17(28)9-11-26/h3-7,12-14,17,25,28H,2,8-11,15H2,1H3. The van der Waals surface area contributed by atoms with Gasteiger partial charge in [0.15, 0.2) is 0 Å². The number of piperidine rings is 1. The first-order valence-electron chi connectivity index (χ1n) is 11.0. The van der Waals surface area contributed by atoms with Crippen LogP contribution in [0.4, 0.5) is 5.69 Å². The van der Waals surface area contributed by atoms with Crippen LogP contribution in [0.1, 0.15) is 24.6 Å². The van der Waals surface area contributed by atoms with E-state index in [-0.39, 0.29) is 6.10 Å². The van der Waals surface area contributed by atoms with Gasteiger partial charge in [-0.1, -0.05) is 18.2 Å². The number of aromatic nitrogens is 2. The van der Waals surface area contributed by atoms with Gasteiger partial charge in [-0.25, -0.2) is 13.4 Å². The predicted octanol–water partition coefficient (Wildman–Crippen LogP) is 4.52. The lowest BCUT2D eigenvalue weighted by atomic mass is 10.1. The van der Waals surface area contributed by atoms with E-state index in [9.17, 15) is 13.5 Å². The second kappa shape index (κ2) is 9.19. The maximum Gasteiger partial charge on any atom is 0.273 e. The van der Waals surface area contributed by atoms with Gasteiger partial charge in [-0.2, -0.15) is 0 Å². The zero-order valence-corrected chi connectivity index (χ0v) is 20.7. The van der Waals surface area contributed by atoms with Crippen molar-refractivity contribution < 1.29 is 13.5 Å². The molecule has 0 atom stereocenters. The number of aromatic amines is 1. The molecule has 0 spiro atoms. The van der Waals surface area contributed by atoms with Crippen LogP contribution in [0, 0.1) is 0 Å². The van der Waals surface area contributed by atoms with Gasteiger partial charge in [0.25, 0.3) is 10.0 Å². The molecular weight excluding hydrogens is 476 g/mol. The molecule has 1 aliphatic rings. The maximum atomic E-state index is 13.3. The summed E-state index contributed by atoms with van der Waals surface area (Å²) in [6.45, 7) is 4.81. The number of hydrogen-bond donors (Lipinski definition) is 2. The van der Waals surface area contributed by atoms with Crippen LogP contribution >= 0.6 is 22.7 Å². The van der Waals surface area contributed by atoms with Crippen molar-refractivity contribution in [3.8, 4) is 10.7 Å². The largest absolute Gasteiger partial charge is 0.393 e. The molecule has 0 bridgehead atoms. The van der Waals surface area contributed by atoms with Crippen LogP contribution in [0.3, 0.4) is 0 Å². The summed E-state index contributed by atoms with van der Waals surface area (Å²) in [5, 5.41) is 13.3. The fraction of sp³-hybridized carbons (Fsp3) is 0.348. The van der Waals surface area contributed by atoms with Crippen molar-refractivity contribution in [1.82, 2.24) is 14.9 Å². The van der Waals surface area contributed by atoms with Gasteiger partial charge in [-0.3, -0.25) is 9.21 Å². The Labute approximate surface area is 201 Å². The lowest BCUT2D eigenvalue weighted by molar-refractivity contribution is 0.0797. The number of nitrogens with zero attached hydrogens (tertiary/aromatic N) is 3. The molecule has 33 heavy (non-hydrogen) atoms. The number of thiazole rings is 1. The quantitative estimate of drug-likeness (QED) is 0.388. The highest BCUT2D eigenvalue weighted by Gasteiger charge is 2.26. The molecule has 1 fully saturated rings. The minimum absolute atomic E-state index is 0.176. The van der Waals surface area contributed by atoms with E-state index in [4.69, 9.17) is 0 Å². The van der Waals surface area contributed by atoms with Gasteiger partial charge in [0, 0.05) is 42.6 Å². The van der Waals surface area contributed by atoms with E-state index >= 15 is 0 Å². The van der Waals surface area contributed by atoms with Crippen LogP contribution in [-0.4, -0.2) is 54.1 Å². The summed E-state index contributed by atoms with van der Waals surface area (Å²) >= 11 is 2.87. The fourth-order valence-corrected chi connectivity index (χ4v) is 7.77. The Bertz CT molecular complexity index is 1340. The molecule has 3 aromatic heterocycles. The predicted molar refractivity (Wildman–Crippen MR) is 134 cm³/mol. The van der Waals surface area contributed by atoms with Crippen LogP contribution in [0.2, 0.25) is 0 Å². The molecule has 0 saturated carbocycles. The lowest BCUT2D eigenvalue weighted by Gasteiger charge is -2.28. The third kappa shape index (κ3) is 4.45. The number of sulfonamides is 1. The van der Waals surface area contributed by atoms with Crippen LogP contribution < -0.4 is 4.31 Å². The molecule has 1 aromatic carbocycles. The van der Waals surface area contributed by atoms with Gasteiger partial charge in [0.1, 0.15) is 9.22 Å². The molecule has 0 aliphatic carbocycles. The van der Waals surface area contributed by atoms with Gasteiger partial charge in [0.05, 0.1) is 23.0 Å². The summed E-state index contributed by atoms with van der Waals surface area (Å²) in [5.74, 6) is 0. The Morgan fingerprint density at radius 2 is 2.06 bits per heavy atom. The number of aliphatic hydroxyl groups is 1. The van der Waals surface area contributed by atoms with Gasteiger partial charge in [0.2, 0.25) is 0 Å². The van der Waals surface area contributed by atoms with E-state index in [0.29, 0.717) is 16.4 Å². The zero-order chi connectivity index (χ0) is 23.0. The van der Waals surface area contributed by atoms with Crippen molar-refractivity contribution in [3.63, 3.8) is 0 Å². The molecule has 10 heteroatoms. The highest BCUT2D eigenvalue weighted by Crippen LogP contribution is 2.35. The highest BCUT2D eigenvalue weighted by atomic mass is 32.2. The normalized spacial score (nSPS) is 15.9. The number of rotatable bonds is 7. The molecule has 0 amide bonds. The maximum absolute atomic E-state index is 13.3. The van der Waals surface area contributed by atoms with Crippen molar-refractivity contribution in [2.45, 2.75) is 36.6 Å². The second-order valence-corrected chi connectivity index (χ2v) is 12.3. The van der Waals surface area contributed by atoms with E-state index < -0.39 is 10.0 Å². The van der Waals surface area contributed by atoms with E-state index in [0.717, 1.165) is 54.1 Å². The first kappa shape index (κ1) is 22.5. The Morgan fingerprint density at radius 1 is 1.24 bits per heavy atom. The SMILES string of the molecule is CCN(c1cccc2cc(-c3ncc(CN4CCC(O)CC4)s3)[nH]c12)S(=O)(=O)c1cccs1. The summed E-state index contributed by atoms with van der Waals surface area (Å²) in [6.07, 6.45) is 3.37. The first-order valence-corrected chi connectivity index (χ1v) is 14.1. The molecule has 0 unspecified atom stereocenters. The van der Waals surface area contributed by atoms with Crippen molar-refractivity contribution in [2.24, 2.45) is 0 Å². The smallest absolute Gasteiger partial charge is 0.273 e. The number of para-hydroxylation sites is 1. The number of fused-ring (bicyclic) bond motifs is 1. The van der Waals surface area contributed by atoms with E-state index in [1.807, 2.05) is 37.4 Å². The molecule has 2 N–H and O–H groups in total. The Morgan fingerprint density at radius 3 is 2.79 bits per heavy atom. The zero-order valence-electron chi connectivity index (χ0n) is 18.3. The van der Waals surface area contributed by atoms with Crippen LogP contribution in [0.15, 0.2) is 52.2 Å². The Balaban J connectivity index is 1.44. The van der Waals surface area contributed by atoms with Crippen molar-refractivity contribution in [2.75, 3.05) is 23.9 Å². The second-order valence-electron chi connectivity index (χ2n) is 8.17. The third-order valence-electron chi connectivity index (χ3n) is 5.95. The lowest BCUT2D eigenvalue weighted by Crippen LogP contribution is -2.35. The van der Waals surface area contributed by atoms with Crippen LogP contribution in [0.5, 0.6) is 0 Å². The van der Waals surface area contributed by atoms with Crippen molar-refractivity contribution >= 4 is 49.3 Å². The Kier molecular flexibility index (Phi) is 6.28. The van der Waals surface area contributed by atoms with Gasteiger partial charge < -0.3 is 10.1 Å². The van der Waals surface area contributed by atoms with E-state index in [1.165, 1.54) is 20.5 Å². The van der Waals surface area contributed by atoms with Crippen molar-refractivity contribution in [3.05, 3.63) is 52.9 Å². The molecule has 174 valence electrons. The minimum Gasteiger partial charge on any atom is -0.393 e. The molecular formula is C23H26N4O3S3. The summed E-state index contributed by atoms with van der Waals surface area (Å²) in [4.78, 5) is 11.6. The van der Waals surface area contributed by atoms with E-state index in [2.05, 4.69) is 14.9 Å².